The molecule has 1 aliphatic rings. The number of hydrogen-bond donors (Lipinski definition) is 0. The second-order valence-electron chi connectivity index (χ2n) is 3.02. The van der Waals surface area contributed by atoms with Gasteiger partial charge in [-0.1, -0.05) is 20.8 Å². The number of rotatable bonds is 2. The first-order valence-corrected chi connectivity index (χ1v) is 3.88. The highest BCUT2D eigenvalue weighted by Gasteiger charge is 2.30. The Kier molecular flexibility index (Phi) is 2.75. The molecule has 0 spiro atoms. The van der Waals surface area contributed by atoms with Crippen molar-refractivity contribution in [2.24, 2.45) is 5.92 Å². The molecule has 0 aliphatic carbocycles. The summed E-state index contributed by atoms with van der Waals surface area (Å²) in [6, 6.07) is 0. The predicted molar refractivity (Wildman–Crippen MR) is 40.6 cm³/mol. The van der Waals surface area contributed by atoms with E-state index in [1.807, 2.05) is 0 Å². The van der Waals surface area contributed by atoms with Crippen molar-refractivity contribution in [1.82, 2.24) is 0 Å². The fraction of sp³-hybridized carbons (Fsp3) is 1.00. The summed E-state index contributed by atoms with van der Waals surface area (Å²) in [4.78, 5) is 0. The second kappa shape index (κ2) is 3.40. The van der Waals surface area contributed by atoms with Crippen molar-refractivity contribution in [3.05, 3.63) is 0 Å². The van der Waals surface area contributed by atoms with E-state index in [-0.39, 0.29) is 12.2 Å². The van der Waals surface area contributed by atoms with Crippen LogP contribution in [0.4, 0.5) is 0 Å². The van der Waals surface area contributed by atoms with E-state index >= 15 is 0 Å². The summed E-state index contributed by atoms with van der Waals surface area (Å²) in [6.07, 6.45) is 1.57. The minimum atomic E-state index is 0.269. The van der Waals surface area contributed by atoms with E-state index in [1.165, 1.54) is 7.69 Å². The molecule has 1 rings (SSSR count). The summed E-state index contributed by atoms with van der Waals surface area (Å²) in [5, 5.41) is 0. The highest BCUT2D eigenvalue weighted by Crippen LogP contribution is 2.20. The summed E-state index contributed by atoms with van der Waals surface area (Å²) in [6.45, 7) is 6.41. The third-order valence-corrected chi connectivity index (χ3v) is 1.87. The van der Waals surface area contributed by atoms with Crippen molar-refractivity contribution in [3.63, 3.8) is 0 Å². The quantitative estimate of drug-likeness (QED) is 0.540. The van der Waals surface area contributed by atoms with Crippen LogP contribution < -0.4 is 0 Å². The predicted octanol–water partition coefficient (Wildman–Crippen LogP) is 1.37. The molecule has 0 aromatic carbocycles. The molecular formula is C7H14BO2. The molecule has 0 saturated carbocycles. The highest BCUT2D eigenvalue weighted by molar-refractivity contribution is 6.19. The maximum Gasteiger partial charge on any atom is 0.488 e. The van der Waals surface area contributed by atoms with E-state index < -0.39 is 0 Å². The van der Waals surface area contributed by atoms with Gasteiger partial charge < -0.3 is 9.31 Å². The van der Waals surface area contributed by atoms with Crippen LogP contribution >= 0.6 is 0 Å². The summed E-state index contributed by atoms with van der Waals surface area (Å²) in [5.74, 6) is 0.545. The molecule has 0 N–H and O–H groups in total. The van der Waals surface area contributed by atoms with Crippen LogP contribution in [0.3, 0.4) is 0 Å². The third kappa shape index (κ3) is 1.52. The van der Waals surface area contributed by atoms with Gasteiger partial charge in [-0.05, 0) is 12.3 Å². The first-order valence-electron chi connectivity index (χ1n) is 3.88. The molecule has 0 amide bonds. The zero-order valence-electron chi connectivity index (χ0n) is 6.83. The van der Waals surface area contributed by atoms with Gasteiger partial charge in [0.25, 0.3) is 0 Å². The van der Waals surface area contributed by atoms with Gasteiger partial charge in [-0.15, -0.1) is 0 Å². The first-order chi connectivity index (χ1) is 4.75. The molecule has 2 unspecified atom stereocenters. The molecule has 0 aromatic heterocycles. The lowest BCUT2D eigenvalue weighted by Gasteiger charge is -2.19. The normalized spacial score (nSPS) is 32.8. The van der Waals surface area contributed by atoms with E-state index in [9.17, 15) is 0 Å². The summed E-state index contributed by atoms with van der Waals surface area (Å²) < 4.78 is 10.5. The van der Waals surface area contributed by atoms with Crippen LogP contribution in [0.1, 0.15) is 27.2 Å². The lowest BCUT2D eigenvalue weighted by molar-refractivity contribution is 0.111. The zero-order valence-corrected chi connectivity index (χ0v) is 6.83. The maximum atomic E-state index is 5.27. The zero-order chi connectivity index (χ0) is 7.56. The smallest absolute Gasteiger partial charge is 0.408 e. The van der Waals surface area contributed by atoms with Crippen molar-refractivity contribution in [3.8, 4) is 0 Å². The SMILES string of the molecule is CCC1O[B]OC1C(C)C. The highest BCUT2D eigenvalue weighted by atomic mass is 16.6. The second-order valence-corrected chi connectivity index (χ2v) is 3.02. The Balaban J connectivity index is 2.42. The van der Waals surface area contributed by atoms with Gasteiger partial charge in [0, 0.05) is 0 Å². The van der Waals surface area contributed by atoms with E-state index in [0.717, 1.165) is 6.42 Å². The van der Waals surface area contributed by atoms with Crippen LogP contribution in [-0.4, -0.2) is 19.9 Å². The van der Waals surface area contributed by atoms with E-state index in [4.69, 9.17) is 9.31 Å². The van der Waals surface area contributed by atoms with Crippen LogP contribution in [0.2, 0.25) is 0 Å². The lowest BCUT2D eigenvalue weighted by atomic mass is 10.0. The molecule has 2 atom stereocenters. The van der Waals surface area contributed by atoms with Gasteiger partial charge in [0.15, 0.2) is 0 Å². The molecule has 3 heteroatoms. The Labute approximate surface area is 63.2 Å². The largest absolute Gasteiger partial charge is 0.488 e. The molecule has 57 valence electrons. The molecule has 1 saturated heterocycles. The van der Waals surface area contributed by atoms with Crippen LogP contribution in [0, 0.1) is 5.92 Å². The van der Waals surface area contributed by atoms with Crippen LogP contribution in [-0.2, 0) is 9.31 Å². The van der Waals surface area contributed by atoms with E-state index in [2.05, 4.69) is 20.8 Å². The molecule has 2 nitrogen and oxygen atoms in total. The van der Waals surface area contributed by atoms with Crippen molar-refractivity contribution in [2.75, 3.05) is 0 Å². The fourth-order valence-electron chi connectivity index (χ4n) is 1.25. The monoisotopic (exact) mass is 141 g/mol. The minimum absolute atomic E-state index is 0.269. The van der Waals surface area contributed by atoms with E-state index in [0.29, 0.717) is 5.92 Å². The summed E-state index contributed by atoms with van der Waals surface area (Å²) in [5.41, 5.74) is 0. The van der Waals surface area contributed by atoms with Gasteiger partial charge in [0.2, 0.25) is 0 Å². The third-order valence-electron chi connectivity index (χ3n) is 1.87. The summed E-state index contributed by atoms with van der Waals surface area (Å²) in [7, 11) is 1.47. The Bertz CT molecular complexity index is 106. The molecule has 1 aliphatic heterocycles. The average Bonchev–Trinajstić information content (AvgIpc) is 2.33. The molecule has 0 aromatic rings. The van der Waals surface area contributed by atoms with Gasteiger partial charge in [-0.3, -0.25) is 0 Å². The van der Waals surface area contributed by atoms with Gasteiger partial charge in [0.1, 0.15) is 0 Å². The molecule has 10 heavy (non-hydrogen) atoms. The van der Waals surface area contributed by atoms with Gasteiger partial charge >= 0.3 is 7.69 Å². The van der Waals surface area contributed by atoms with Gasteiger partial charge in [-0.2, -0.15) is 0 Å². The first kappa shape index (κ1) is 8.09. The lowest BCUT2D eigenvalue weighted by Crippen LogP contribution is -2.26. The minimum Gasteiger partial charge on any atom is -0.408 e. The Morgan fingerprint density at radius 1 is 1.40 bits per heavy atom. The topological polar surface area (TPSA) is 18.5 Å². The Morgan fingerprint density at radius 2 is 2.10 bits per heavy atom. The maximum absolute atomic E-state index is 5.27. The van der Waals surface area contributed by atoms with Crippen LogP contribution in [0.5, 0.6) is 0 Å². The Morgan fingerprint density at radius 3 is 2.50 bits per heavy atom. The molecule has 0 bridgehead atoms. The molecule has 1 radical (unpaired) electrons. The Hall–Kier alpha value is -0.0151. The standard InChI is InChI=1S/C7H14BO2/c1-4-6-7(5(2)3)10-8-9-6/h5-7H,4H2,1-3H3. The van der Waals surface area contributed by atoms with Gasteiger partial charge in [-0.25, -0.2) is 0 Å². The fourth-order valence-corrected chi connectivity index (χ4v) is 1.25. The molecular weight excluding hydrogens is 127 g/mol. The van der Waals surface area contributed by atoms with Crippen molar-refractivity contribution in [2.45, 2.75) is 39.4 Å². The van der Waals surface area contributed by atoms with E-state index in [1.54, 1.807) is 0 Å². The van der Waals surface area contributed by atoms with Crippen molar-refractivity contribution < 1.29 is 9.31 Å². The molecule has 1 fully saturated rings. The van der Waals surface area contributed by atoms with Gasteiger partial charge in [0.05, 0.1) is 12.2 Å². The van der Waals surface area contributed by atoms with Crippen LogP contribution in [0.15, 0.2) is 0 Å². The van der Waals surface area contributed by atoms with Crippen LogP contribution in [0.25, 0.3) is 0 Å². The molecule has 1 heterocycles. The van der Waals surface area contributed by atoms with Crippen molar-refractivity contribution >= 4 is 7.69 Å². The summed E-state index contributed by atoms with van der Waals surface area (Å²) >= 11 is 0. The van der Waals surface area contributed by atoms with Crippen molar-refractivity contribution in [1.29, 1.82) is 0 Å². The number of hydrogen-bond acceptors (Lipinski definition) is 2. The average molecular weight is 141 g/mol.